The highest BCUT2D eigenvalue weighted by Gasteiger charge is 2.31. The highest BCUT2D eigenvalue weighted by Crippen LogP contribution is 2.21. The fourth-order valence-corrected chi connectivity index (χ4v) is 1.90. The van der Waals surface area contributed by atoms with Gasteiger partial charge in [0.05, 0.1) is 12.0 Å². The number of amides is 2. The third-order valence-electron chi connectivity index (χ3n) is 2.92. The van der Waals surface area contributed by atoms with Gasteiger partial charge < -0.3 is 14.7 Å². The maximum atomic E-state index is 12.4. The third kappa shape index (κ3) is 5.04. The van der Waals surface area contributed by atoms with Crippen LogP contribution in [0.1, 0.15) is 33.0 Å². The lowest BCUT2D eigenvalue weighted by Crippen LogP contribution is -2.45. The molecule has 0 saturated heterocycles. The molecule has 0 aliphatic heterocycles. The van der Waals surface area contributed by atoms with E-state index in [-0.39, 0.29) is 24.2 Å². The van der Waals surface area contributed by atoms with E-state index in [1.807, 2.05) is 6.92 Å². The van der Waals surface area contributed by atoms with Crippen LogP contribution in [0.3, 0.4) is 0 Å². The molecule has 1 N–H and O–H groups in total. The second kappa shape index (κ2) is 7.45. The van der Waals surface area contributed by atoms with Gasteiger partial charge >= 0.3 is 0 Å². The van der Waals surface area contributed by atoms with Crippen LogP contribution in [0, 0.1) is 12.3 Å². The smallest absolute Gasteiger partial charge is 0.245 e. The van der Waals surface area contributed by atoms with Gasteiger partial charge in [-0.3, -0.25) is 9.59 Å². The minimum Gasteiger partial charge on any atom is -0.360 e. The second-order valence-corrected chi connectivity index (χ2v) is 5.88. The molecule has 1 aromatic heterocycles. The van der Waals surface area contributed by atoms with E-state index in [4.69, 9.17) is 16.1 Å². The Morgan fingerprint density at radius 2 is 2.14 bits per heavy atom. The SMILES string of the molecule is CCCN(CC(=O)Nc1cc(C)on1)C(=O)C(C)(C)CCl. The lowest BCUT2D eigenvalue weighted by atomic mass is 9.94. The summed E-state index contributed by atoms with van der Waals surface area (Å²) in [4.78, 5) is 25.9. The van der Waals surface area contributed by atoms with E-state index in [0.717, 1.165) is 6.42 Å². The van der Waals surface area contributed by atoms with Crippen molar-refractivity contribution in [3.8, 4) is 0 Å². The van der Waals surface area contributed by atoms with E-state index in [0.29, 0.717) is 18.1 Å². The van der Waals surface area contributed by atoms with E-state index >= 15 is 0 Å². The zero-order valence-electron chi connectivity index (χ0n) is 12.9. The van der Waals surface area contributed by atoms with E-state index < -0.39 is 5.41 Å². The van der Waals surface area contributed by atoms with Gasteiger partial charge in [0.1, 0.15) is 5.76 Å². The largest absolute Gasteiger partial charge is 0.360 e. The fraction of sp³-hybridized carbons (Fsp3) is 0.643. The van der Waals surface area contributed by atoms with Gasteiger partial charge in [-0.2, -0.15) is 0 Å². The van der Waals surface area contributed by atoms with Gasteiger partial charge in [0.2, 0.25) is 11.8 Å². The molecule has 2 amide bonds. The molecule has 0 bridgehead atoms. The molecule has 6 nitrogen and oxygen atoms in total. The average Bonchev–Trinajstić information content (AvgIpc) is 2.82. The number of aryl methyl sites for hydroxylation is 1. The number of alkyl halides is 1. The Morgan fingerprint density at radius 3 is 2.62 bits per heavy atom. The average molecular weight is 316 g/mol. The van der Waals surface area contributed by atoms with Crippen LogP contribution in [-0.2, 0) is 9.59 Å². The molecule has 1 rings (SSSR count). The molecule has 7 heteroatoms. The van der Waals surface area contributed by atoms with Gasteiger partial charge in [-0.15, -0.1) is 11.6 Å². The van der Waals surface area contributed by atoms with Gasteiger partial charge in [0.15, 0.2) is 5.82 Å². The summed E-state index contributed by atoms with van der Waals surface area (Å²) < 4.78 is 4.87. The number of halogens is 1. The topological polar surface area (TPSA) is 75.4 Å². The molecular weight excluding hydrogens is 294 g/mol. The molecule has 0 atom stereocenters. The lowest BCUT2D eigenvalue weighted by molar-refractivity contribution is -0.141. The first-order valence-electron chi connectivity index (χ1n) is 6.88. The highest BCUT2D eigenvalue weighted by molar-refractivity contribution is 6.19. The number of hydrogen-bond acceptors (Lipinski definition) is 4. The van der Waals surface area contributed by atoms with Crippen LogP contribution < -0.4 is 5.32 Å². The third-order valence-corrected chi connectivity index (χ3v) is 3.59. The minimum absolute atomic E-state index is 0.0289. The minimum atomic E-state index is -0.693. The molecule has 0 fully saturated rings. The predicted molar refractivity (Wildman–Crippen MR) is 81.2 cm³/mol. The van der Waals surface area contributed by atoms with Gasteiger partial charge in [-0.25, -0.2) is 0 Å². The summed E-state index contributed by atoms with van der Waals surface area (Å²) in [5, 5.41) is 6.29. The summed E-state index contributed by atoms with van der Waals surface area (Å²) in [6, 6.07) is 1.62. The summed E-state index contributed by atoms with van der Waals surface area (Å²) in [7, 11) is 0. The van der Waals surface area contributed by atoms with Crippen molar-refractivity contribution in [3.05, 3.63) is 11.8 Å². The number of aromatic nitrogens is 1. The Bertz CT molecular complexity index is 499. The zero-order valence-corrected chi connectivity index (χ0v) is 13.7. The van der Waals surface area contributed by atoms with Crippen LogP contribution in [0.25, 0.3) is 0 Å². The molecule has 0 saturated carbocycles. The Morgan fingerprint density at radius 1 is 1.48 bits per heavy atom. The Hall–Kier alpha value is -1.56. The summed E-state index contributed by atoms with van der Waals surface area (Å²) in [5.74, 6) is 0.713. The monoisotopic (exact) mass is 315 g/mol. The van der Waals surface area contributed by atoms with Crippen molar-refractivity contribution in [3.63, 3.8) is 0 Å². The summed E-state index contributed by atoms with van der Waals surface area (Å²) in [6.07, 6.45) is 0.764. The van der Waals surface area contributed by atoms with Crippen molar-refractivity contribution >= 4 is 29.2 Å². The molecule has 1 heterocycles. The van der Waals surface area contributed by atoms with E-state index in [2.05, 4.69) is 10.5 Å². The first-order valence-corrected chi connectivity index (χ1v) is 7.42. The van der Waals surface area contributed by atoms with Gasteiger partial charge in [-0.05, 0) is 27.2 Å². The van der Waals surface area contributed by atoms with Crippen LogP contribution >= 0.6 is 11.6 Å². The number of nitrogens with zero attached hydrogens (tertiary/aromatic N) is 2. The van der Waals surface area contributed by atoms with Crippen molar-refractivity contribution in [2.24, 2.45) is 5.41 Å². The molecule has 0 radical (unpaired) electrons. The summed E-state index contributed by atoms with van der Waals surface area (Å²) in [6.45, 7) is 7.70. The van der Waals surface area contributed by atoms with Gasteiger partial charge in [-0.1, -0.05) is 12.1 Å². The normalized spacial score (nSPS) is 11.3. The van der Waals surface area contributed by atoms with E-state index in [9.17, 15) is 9.59 Å². The Balaban J connectivity index is 2.69. The van der Waals surface area contributed by atoms with Crippen LogP contribution in [0.2, 0.25) is 0 Å². The molecule has 0 aromatic carbocycles. The fourth-order valence-electron chi connectivity index (χ4n) is 1.79. The highest BCUT2D eigenvalue weighted by atomic mass is 35.5. The molecular formula is C14H22ClN3O3. The molecule has 0 spiro atoms. The van der Waals surface area contributed by atoms with Gasteiger partial charge in [0.25, 0.3) is 0 Å². The van der Waals surface area contributed by atoms with Crippen LogP contribution in [-0.4, -0.2) is 40.8 Å². The number of rotatable bonds is 7. The molecule has 118 valence electrons. The van der Waals surface area contributed by atoms with Crippen molar-refractivity contribution in [1.29, 1.82) is 0 Å². The molecule has 0 unspecified atom stereocenters. The van der Waals surface area contributed by atoms with Crippen molar-refractivity contribution in [1.82, 2.24) is 10.1 Å². The lowest BCUT2D eigenvalue weighted by Gasteiger charge is -2.29. The molecule has 0 aliphatic rings. The van der Waals surface area contributed by atoms with Crippen LogP contribution in [0.15, 0.2) is 10.6 Å². The van der Waals surface area contributed by atoms with Crippen molar-refractivity contribution in [2.75, 3.05) is 24.3 Å². The summed E-state index contributed by atoms with van der Waals surface area (Å²) >= 11 is 5.83. The maximum Gasteiger partial charge on any atom is 0.245 e. The molecule has 1 aromatic rings. The Kier molecular flexibility index (Phi) is 6.20. The van der Waals surface area contributed by atoms with E-state index in [1.54, 1.807) is 26.8 Å². The first kappa shape index (κ1) is 17.5. The predicted octanol–water partition coefficient (Wildman–Crippen LogP) is 2.43. The molecule has 0 aliphatic carbocycles. The Labute approximate surface area is 129 Å². The first-order chi connectivity index (χ1) is 9.80. The quantitative estimate of drug-likeness (QED) is 0.784. The van der Waals surface area contributed by atoms with Crippen LogP contribution in [0.4, 0.5) is 5.82 Å². The van der Waals surface area contributed by atoms with Crippen molar-refractivity contribution < 1.29 is 14.1 Å². The van der Waals surface area contributed by atoms with Gasteiger partial charge in [0, 0.05) is 18.5 Å². The number of nitrogens with one attached hydrogen (secondary N) is 1. The van der Waals surface area contributed by atoms with Crippen molar-refractivity contribution in [2.45, 2.75) is 34.1 Å². The van der Waals surface area contributed by atoms with E-state index in [1.165, 1.54) is 4.90 Å². The van der Waals surface area contributed by atoms with Crippen LogP contribution in [0.5, 0.6) is 0 Å². The summed E-state index contributed by atoms with van der Waals surface area (Å²) in [5.41, 5.74) is -0.693. The second-order valence-electron chi connectivity index (χ2n) is 5.62. The number of hydrogen-bond donors (Lipinski definition) is 1. The maximum absolute atomic E-state index is 12.4. The standard InChI is InChI=1S/C14H22ClN3O3/c1-5-6-18(13(20)14(3,4)9-15)8-12(19)16-11-7-10(2)21-17-11/h7H,5-6,8-9H2,1-4H3,(H,16,17,19). The number of anilines is 1. The number of carbonyl (C=O) groups excluding carboxylic acids is 2. The number of carbonyl (C=O) groups is 2. The molecule has 21 heavy (non-hydrogen) atoms. The zero-order chi connectivity index (χ0) is 16.0.